The molecular weight excluding hydrogens is 274 g/mol. The summed E-state index contributed by atoms with van der Waals surface area (Å²) < 4.78 is 0. The van der Waals surface area contributed by atoms with E-state index < -0.39 is 0 Å². The van der Waals surface area contributed by atoms with Crippen molar-refractivity contribution >= 4 is 17.6 Å². The monoisotopic (exact) mass is 293 g/mol. The highest BCUT2D eigenvalue weighted by Crippen LogP contribution is 2.22. The first-order valence-corrected chi connectivity index (χ1v) is 7.53. The number of piperazine rings is 1. The zero-order valence-corrected chi connectivity index (χ0v) is 12.4. The Balaban J connectivity index is 1.60. The second-order valence-corrected chi connectivity index (χ2v) is 6.19. The van der Waals surface area contributed by atoms with E-state index in [1.54, 1.807) is 0 Å². The average Bonchev–Trinajstić information content (AvgIpc) is 2.80. The summed E-state index contributed by atoms with van der Waals surface area (Å²) >= 11 is 6.05. The van der Waals surface area contributed by atoms with Crippen LogP contribution in [0.1, 0.15) is 18.4 Å². The maximum atomic E-state index is 11.6. The van der Waals surface area contributed by atoms with Crippen LogP contribution in [0.3, 0.4) is 0 Å². The van der Waals surface area contributed by atoms with Gasteiger partial charge >= 0.3 is 6.03 Å². The van der Waals surface area contributed by atoms with E-state index in [0.717, 1.165) is 37.7 Å². The Labute approximate surface area is 124 Å². The molecule has 1 aromatic carbocycles. The summed E-state index contributed by atoms with van der Waals surface area (Å²) in [6.07, 6.45) is 0. The van der Waals surface area contributed by atoms with E-state index in [0.29, 0.717) is 12.0 Å². The van der Waals surface area contributed by atoms with Crippen LogP contribution in [-0.4, -0.2) is 54.6 Å². The third kappa shape index (κ3) is 2.76. The number of nitrogens with zero attached hydrogens (tertiary/aromatic N) is 2. The number of halogens is 1. The molecule has 0 bridgehead atoms. The highest BCUT2D eigenvalue weighted by molar-refractivity contribution is 6.30. The largest absolute Gasteiger partial charge is 0.336 e. The van der Waals surface area contributed by atoms with Crippen molar-refractivity contribution in [3.63, 3.8) is 0 Å². The Morgan fingerprint density at radius 1 is 1.45 bits per heavy atom. The Morgan fingerprint density at radius 3 is 3.10 bits per heavy atom. The van der Waals surface area contributed by atoms with Gasteiger partial charge in [-0.25, -0.2) is 4.79 Å². The first-order chi connectivity index (χ1) is 9.63. The molecule has 20 heavy (non-hydrogen) atoms. The third-order valence-corrected chi connectivity index (χ3v) is 4.50. The minimum Gasteiger partial charge on any atom is -0.336 e. The van der Waals surface area contributed by atoms with Gasteiger partial charge < -0.3 is 10.2 Å². The molecule has 2 aliphatic rings. The number of carbonyl (C=O) groups is 1. The van der Waals surface area contributed by atoms with E-state index >= 15 is 0 Å². The van der Waals surface area contributed by atoms with Gasteiger partial charge in [-0.2, -0.15) is 0 Å². The number of carbonyl (C=O) groups excluding carboxylic acids is 1. The summed E-state index contributed by atoms with van der Waals surface area (Å²) in [6.45, 7) is 6.77. The number of fused-ring (bicyclic) bond motifs is 1. The molecule has 2 amide bonds. The molecule has 2 atom stereocenters. The van der Waals surface area contributed by atoms with Crippen LogP contribution in [0.25, 0.3) is 0 Å². The highest BCUT2D eigenvalue weighted by Gasteiger charge is 2.35. The first-order valence-electron chi connectivity index (χ1n) is 7.16. The minimum absolute atomic E-state index is 0.0949. The summed E-state index contributed by atoms with van der Waals surface area (Å²) in [5.41, 5.74) is 1.28. The molecule has 0 aliphatic carbocycles. The molecule has 0 saturated carbocycles. The molecule has 2 saturated heterocycles. The lowest BCUT2D eigenvalue weighted by Crippen LogP contribution is -2.52. The van der Waals surface area contributed by atoms with Gasteiger partial charge in [-0.05, 0) is 23.6 Å². The van der Waals surface area contributed by atoms with Crippen molar-refractivity contribution < 1.29 is 4.79 Å². The van der Waals surface area contributed by atoms with Gasteiger partial charge in [0.1, 0.15) is 0 Å². The van der Waals surface area contributed by atoms with Crippen LogP contribution < -0.4 is 5.32 Å². The fraction of sp³-hybridized carbons (Fsp3) is 0.533. The minimum atomic E-state index is 0.0949. The van der Waals surface area contributed by atoms with Crippen LogP contribution in [0.15, 0.2) is 24.3 Å². The molecular formula is C15H20ClN3O. The molecule has 2 fully saturated rings. The zero-order chi connectivity index (χ0) is 14.1. The highest BCUT2D eigenvalue weighted by atomic mass is 35.5. The number of urea groups is 1. The number of nitrogens with one attached hydrogen (secondary N) is 1. The van der Waals surface area contributed by atoms with Gasteiger partial charge in [-0.15, -0.1) is 0 Å². The maximum absolute atomic E-state index is 11.6. The third-order valence-electron chi connectivity index (χ3n) is 4.27. The topological polar surface area (TPSA) is 35.6 Å². The van der Waals surface area contributed by atoms with Crippen LogP contribution in [0, 0.1) is 0 Å². The van der Waals surface area contributed by atoms with Crippen LogP contribution in [-0.2, 0) is 0 Å². The molecule has 2 unspecified atom stereocenters. The summed E-state index contributed by atoms with van der Waals surface area (Å²) in [7, 11) is 0. The lowest BCUT2D eigenvalue weighted by atomic mass is 10.00. The van der Waals surface area contributed by atoms with Gasteiger partial charge in [0.2, 0.25) is 0 Å². The van der Waals surface area contributed by atoms with Crippen molar-refractivity contribution in [2.45, 2.75) is 18.9 Å². The Kier molecular flexibility index (Phi) is 3.85. The average molecular weight is 294 g/mol. The molecule has 108 valence electrons. The molecule has 5 heteroatoms. The SMILES string of the molecule is CC(CN1CCN2C(=O)NCC2C1)c1cccc(Cl)c1. The van der Waals surface area contributed by atoms with E-state index in [1.807, 2.05) is 23.1 Å². The number of rotatable bonds is 3. The van der Waals surface area contributed by atoms with Crippen molar-refractivity contribution in [3.05, 3.63) is 34.9 Å². The summed E-state index contributed by atoms with van der Waals surface area (Å²) in [6, 6.07) is 8.52. The van der Waals surface area contributed by atoms with Gasteiger partial charge in [-0.3, -0.25) is 4.90 Å². The number of hydrogen-bond donors (Lipinski definition) is 1. The molecule has 2 aliphatic heterocycles. The molecule has 1 aromatic rings. The van der Waals surface area contributed by atoms with Crippen molar-refractivity contribution in [3.8, 4) is 0 Å². The van der Waals surface area contributed by atoms with Gasteiger partial charge in [0.15, 0.2) is 0 Å². The summed E-state index contributed by atoms with van der Waals surface area (Å²) in [5.74, 6) is 0.449. The van der Waals surface area contributed by atoms with Gasteiger partial charge in [0, 0.05) is 37.7 Å². The second-order valence-electron chi connectivity index (χ2n) is 5.75. The van der Waals surface area contributed by atoms with Crippen LogP contribution in [0.2, 0.25) is 5.02 Å². The van der Waals surface area contributed by atoms with E-state index in [9.17, 15) is 4.79 Å². The van der Waals surface area contributed by atoms with Gasteiger partial charge in [0.25, 0.3) is 0 Å². The second kappa shape index (κ2) is 5.62. The van der Waals surface area contributed by atoms with E-state index in [2.05, 4.69) is 23.2 Å². The van der Waals surface area contributed by atoms with Crippen molar-refractivity contribution in [2.75, 3.05) is 32.7 Å². The lowest BCUT2D eigenvalue weighted by Gasteiger charge is -2.37. The van der Waals surface area contributed by atoms with E-state index in [4.69, 9.17) is 11.6 Å². The van der Waals surface area contributed by atoms with Crippen molar-refractivity contribution in [2.24, 2.45) is 0 Å². The van der Waals surface area contributed by atoms with Gasteiger partial charge in [0.05, 0.1) is 6.04 Å². The molecule has 2 heterocycles. The van der Waals surface area contributed by atoms with E-state index in [-0.39, 0.29) is 6.03 Å². The van der Waals surface area contributed by atoms with Crippen LogP contribution in [0.4, 0.5) is 4.79 Å². The standard InChI is InChI=1S/C15H20ClN3O/c1-11(12-3-2-4-13(16)7-12)9-18-5-6-19-14(10-18)8-17-15(19)20/h2-4,7,11,14H,5-6,8-10H2,1H3,(H,17,20). The van der Waals surface area contributed by atoms with Crippen LogP contribution >= 0.6 is 11.6 Å². The van der Waals surface area contributed by atoms with Gasteiger partial charge in [-0.1, -0.05) is 30.7 Å². The summed E-state index contributed by atoms with van der Waals surface area (Å²) in [4.78, 5) is 16.0. The molecule has 4 nitrogen and oxygen atoms in total. The molecule has 1 N–H and O–H groups in total. The van der Waals surface area contributed by atoms with Crippen molar-refractivity contribution in [1.82, 2.24) is 15.1 Å². The van der Waals surface area contributed by atoms with Crippen LogP contribution in [0.5, 0.6) is 0 Å². The fourth-order valence-corrected chi connectivity index (χ4v) is 3.34. The lowest BCUT2D eigenvalue weighted by molar-refractivity contribution is 0.117. The molecule has 3 rings (SSSR count). The van der Waals surface area contributed by atoms with E-state index in [1.165, 1.54) is 5.56 Å². The first kappa shape index (κ1) is 13.7. The Hall–Kier alpha value is -1.26. The number of amides is 2. The molecule has 0 aromatic heterocycles. The molecule has 0 spiro atoms. The zero-order valence-electron chi connectivity index (χ0n) is 11.7. The predicted octanol–water partition coefficient (Wildman–Crippen LogP) is 2.15. The van der Waals surface area contributed by atoms with Crippen molar-refractivity contribution in [1.29, 1.82) is 0 Å². The Bertz CT molecular complexity index is 508. The Morgan fingerprint density at radius 2 is 2.30 bits per heavy atom. The molecule has 0 radical (unpaired) electrons. The summed E-state index contributed by atoms with van der Waals surface area (Å²) in [5, 5.41) is 3.71. The quantitative estimate of drug-likeness (QED) is 0.927. The number of benzene rings is 1. The predicted molar refractivity (Wildman–Crippen MR) is 80.2 cm³/mol. The maximum Gasteiger partial charge on any atom is 0.317 e. The smallest absolute Gasteiger partial charge is 0.317 e. The fourth-order valence-electron chi connectivity index (χ4n) is 3.14. The normalized spacial score (nSPS) is 24.4. The number of hydrogen-bond acceptors (Lipinski definition) is 2.